The first-order chi connectivity index (χ1) is 12.7. The summed E-state index contributed by atoms with van der Waals surface area (Å²) in [5, 5.41) is 0.560. The summed E-state index contributed by atoms with van der Waals surface area (Å²) >= 11 is 5.83. The number of pyridine rings is 1. The quantitative estimate of drug-likeness (QED) is 0.464. The van der Waals surface area contributed by atoms with Crippen molar-refractivity contribution in [1.82, 2.24) is 4.98 Å². The zero-order valence-corrected chi connectivity index (χ0v) is 14.8. The molecule has 0 radical (unpaired) electrons. The number of carbonyl (C=O) groups excluding carboxylic acids is 1. The summed E-state index contributed by atoms with van der Waals surface area (Å²) in [5.74, 6) is 0.359. The van der Waals surface area contributed by atoms with Crippen LogP contribution < -0.4 is 9.47 Å². The molecule has 0 N–H and O–H groups in total. The molecule has 1 aromatic heterocycles. The number of nitrogens with zero attached hydrogens (tertiary/aromatic N) is 1. The van der Waals surface area contributed by atoms with E-state index in [1.54, 1.807) is 42.7 Å². The van der Waals surface area contributed by atoms with E-state index < -0.39 is 5.97 Å². The van der Waals surface area contributed by atoms with Crippen molar-refractivity contribution in [3.63, 3.8) is 0 Å². The van der Waals surface area contributed by atoms with Crippen LogP contribution in [0.2, 0.25) is 5.02 Å². The molecule has 0 fully saturated rings. The van der Waals surface area contributed by atoms with Gasteiger partial charge in [0.2, 0.25) is 0 Å². The highest BCUT2D eigenvalue weighted by molar-refractivity contribution is 6.30. The van der Waals surface area contributed by atoms with Gasteiger partial charge in [-0.1, -0.05) is 29.8 Å². The summed E-state index contributed by atoms with van der Waals surface area (Å²) in [5.41, 5.74) is 2.38. The van der Waals surface area contributed by atoms with Crippen molar-refractivity contribution in [2.75, 3.05) is 7.11 Å². The Balaban J connectivity index is 1.77. The molecular formula is C21H16ClNO3. The van der Waals surface area contributed by atoms with Gasteiger partial charge in [0.15, 0.2) is 11.5 Å². The van der Waals surface area contributed by atoms with Crippen LogP contribution in [-0.2, 0) is 0 Å². The number of aromatic nitrogens is 1. The van der Waals surface area contributed by atoms with Crippen LogP contribution in [0.5, 0.6) is 11.5 Å². The number of benzene rings is 2. The highest BCUT2D eigenvalue weighted by Crippen LogP contribution is 2.29. The molecule has 0 spiro atoms. The van der Waals surface area contributed by atoms with Crippen molar-refractivity contribution in [2.45, 2.75) is 0 Å². The van der Waals surface area contributed by atoms with Gasteiger partial charge in [-0.2, -0.15) is 0 Å². The van der Waals surface area contributed by atoms with Gasteiger partial charge < -0.3 is 9.47 Å². The molecule has 0 amide bonds. The Hall–Kier alpha value is -3.11. The molecule has 3 rings (SSSR count). The highest BCUT2D eigenvalue weighted by Gasteiger charge is 2.12. The molecule has 1 heterocycles. The van der Waals surface area contributed by atoms with Gasteiger partial charge in [0.25, 0.3) is 0 Å². The lowest BCUT2D eigenvalue weighted by atomic mass is 10.1. The summed E-state index contributed by atoms with van der Waals surface area (Å²) in [6.45, 7) is 0. The maximum Gasteiger partial charge on any atom is 0.343 e. The van der Waals surface area contributed by atoms with Crippen LogP contribution in [0, 0.1) is 0 Å². The third-order valence-corrected chi connectivity index (χ3v) is 3.90. The monoisotopic (exact) mass is 365 g/mol. The van der Waals surface area contributed by atoms with Crippen LogP contribution in [0.15, 0.2) is 67.0 Å². The summed E-state index contributed by atoms with van der Waals surface area (Å²) < 4.78 is 10.8. The van der Waals surface area contributed by atoms with Gasteiger partial charge in [-0.15, -0.1) is 0 Å². The lowest BCUT2D eigenvalue weighted by molar-refractivity contribution is 0.0729. The summed E-state index contributed by atoms with van der Waals surface area (Å²) in [4.78, 5) is 16.2. The van der Waals surface area contributed by atoms with E-state index in [9.17, 15) is 4.79 Å². The first-order valence-electron chi connectivity index (χ1n) is 7.89. The van der Waals surface area contributed by atoms with Gasteiger partial charge >= 0.3 is 5.97 Å². The van der Waals surface area contributed by atoms with E-state index in [0.717, 1.165) is 11.1 Å². The van der Waals surface area contributed by atoms with E-state index in [4.69, 9.17) is 21.1 Å². The molecule has 3 aromatic rings. The Kier molecular flexibility index (Phi) is 5.66. The van der Waals surface area contributed by atoms with Gasteiger partial charge in [-0.25, -0.2) is 4.79 Å². The molecule has 130 valence electrons. The van der Waals surface area contributed by atoms with Crippen LogP contribution in [-0.4, -0.2) is 18.1 Å². The first kappa shape index (κ1) is 17.7. The van der Waals surface area contributed by atoms with Crippen molar-refractivity contribution >= 4 is 29.7 Å². The van der Waals surface area contributed by atoms with Gasteiger partial charge in [-0.05, 0) is 59.7 Å². The molecule has 0 unspecified atom stereocenters. The second kappa shape index (κ2) is 8.32. The van der Waals surface area contributed by atoms with Crippen LogP contribution in [0.4, 0.5) is 0 Å². The van der Waals surface area contributed by atoms with Gasteiger partial charge in [0, 0.05) is 17.4 Å². The molecule has 0 atom stereocenters. The fourth-order valence-corrected chi connectivity index (χ4v) is 2.41. The van der Waals surface area contributed by atoms with E-state index in [1.807, 2.05) is 36.4 Å². The zero-order chi connectivity index (χ0) is 18.4. The van der Waals surface area contributed by atoms with Crippen LogP contribution in [0.25, 0.3) is 12.2 Å². The molecule has 0 saturated carbocycles. The SMILES string of the molecule is COc1cc(/C=C/c2ccncc2)ccc1OC(=O)c1ccc(Cl)cc1. The Morgan fingerprint density at radius 1 is 0.923 bits per heavy atom. The summed E-state index contributed by atoms with van der Waals surface area (Å²) in [6, 6.07) is 15.7. The fourth-order valence-electron chi connectivity index (χ4n) is 2.28. The zero-order valence-electron chi connectivity index (χ0n) is 14.1. The van der Waals surface area contributed by atoms with E-state index in [2.05, 4.69) is 4.98 Å². The van der Waals surface area contributed by atoms with Crippen molar-refractivity contribution < 1.29 is 14.3 Å². The third kappa shape index (κ3) is 4.49. The number of hydrogen-bond acceptors (Lipinski definition) is 4. The number of ether oxygens (including phenoxy) is 2. The molecule has 26 heavy (non-hydrogen) atoms. The summed E-state index contributed by atoms with van der Waals surface area (Å²) in [7, 11) is 1.53. The van der Waals surface area contributed by atoms with Crippen molar-refractivity contribution in [2.24, 2.45) is 0 Å². The predicted molar refractivity (Wildman–Crippen MR) is 103 cm³/mol. The molecule has 4 nitrogen and oxygen atoms in total. The molecule has 2 aromatic carbocycles. The van der Waals surface area contributed by atoms with Gasteiger partial charge in [-0.3, -0.25) is 4.98 Å². The van der Waals surface area contributed by atoms with Gasteiger partial charge in [0.05, 0.1) is 12.7 Å². The number of esters is 1. The predicted octanol–water partition coefficient (Wildman–Crippen LogP) is 5.13. The number of methoxy groups -OCH3 is 1. The maximum absolute atomic E-state index is 12.2. The minimum atomic E-state index is -0.472. The van der Waals surface area contributed by atoms with Crippen LogP contribution in [0.3, 0.4) is 0 Å². The Bertz CT molecular complexity index is 922. The van der Waals surface area contributed by atoms with Crippen molar-refractivity contribution in [1.29, 1.82) is 0 Å². The minimum absolute atomic E-state index is 0.355. The highest BCUT2D eigenvalue weighted by atomic mass is 35.5. The number of hydrogen-bond donors (Lipinski definition) is 0. The molecule has 0 saturated heterocycles. The number of halogens is 1. The van der Waals surface area contributed by atoms with Gasteiger partial charge in [0.1, 0.15) is 0 Å². The molecule has 5 heteroatoms. The largest absolute Gasteiger partial charge is 0.493 e. The van der Waals surface area contributed by atoms with Crippen molar-refractivity contribution in [3.05, 3.63) is 88.7 Å². The molecule has 0 aliphatic rings. The van der Waals surface area contributed by atoms with E-state index in [1.165, 1.54) is 7.11 Å². The maximum atomic E-state index is 12.2. The topological polar surface area (TPSA) is 48.4 Å². The standard InChI is InChI=1S/C21H16ClNO3/c1-25-20-14-16(3-2-15-10-12-23-13-11-15)4-9-19(20)26-21(24)17-5-7-18(22)8-6-17/h2-14H,1H3/b3-2+. The average molecular weight is 366 g/mol. The van der Waals surface area contributed by atoms with Crippen LogP contribution in [0.1, 0.15) is 21.5 Å². The fraction of sp³-hybridized carbons (Fsp3) is 0.0476. The van der Waals surface area contributed by atoms with Crippen molar-refractivity contribution in [3.8, 4) is 11.5 Å². The summed E-state index contributed by atoms with van der Waals surface area (Å²) in [6.07, 6.45) is 7.39. The number of rotatable bonds is 5. The molecule has 0 bridgehead atoms. The molecule has 0 aliphatic carbocycles. The Morgan fingerprint density at radius 3 is 2.31 bits per heavy atom. The Labute approximate surface area is 156 Å². The average Bonchev–Trinajstić information content (AvgIpc) is 2.68. The second-order valence-electron chi connectivity index (χ2n) is 5.42. The second-order valence-corrected chi connectivity index (χ2v) is 5.86. The van der Waals surface area contributed by atoms with Crippen LogP contribution >= 0.6 is 11.6 Å². The number of carbonyl (C=O) groups is 1. The van der Waals surface area contributed by atoms with E-state index in [0.29, 0.717) is 22.1 Å². The molecular weight excluding hydrogens is 350 g/mol. The Morgan fingerprint density at radius 2 is 1.62 bits per heavy atom. The van der Waals surface area contributed by atoms with E-state index >= 15 is 0 Å². The lowest BCUT2D eigenvalue weighted by Gasteiger charge is -2.10. The molecule has 0 aliphatic heterocycles. The van der Waals surface area contributed by atoms with E-state index in [-0.39, 0.29) is 0 Å². The normalized spacial score (nSPS) is 10.7. The third-order valence-electron chi connectivity index (χ3n) is 3.64. The lowest BCUT2D eigenvalue weighted by Crippen LogP contribution is -2.09. The first-order valence-corrected chi connectivity index (χ1v) is 8.27. The smallest absolute Gasteiger partial charge is 0.343 e. The minimum Gasteiger partial charge on any atom is -0.493 e.